The van der Waals surface area contributed by atoms with Crippen LogP contribution in [0.2, 0.25) is 0 Å². The van der Waals surface area contributed by atoms with Crippen molar-refractivity contribution < 1.29 is 9.59 Å². The van der Waals surface area contributed by atoms with Gasteiger partial charge < -0.3 is 15.0 Å². The third-order valence-corrected chi connectivity index (χ3v) is 3.37. The Morgan fingerprint density at radius 2 is 1.95 bits per heavy atom. The number of nitrogens with one attached hydrogen (secondary N) is 1. The molecule has 0 atom stereocenters. The average Bonchev–Trinajstić information content (AvgIpc) is 2.40. The van der Waals surface area contributed by atoms with E-state index in [-0.39, 0.29) is 11.8 Å². The summed E-state index contributed by atoms with van der Waals surface area (Å²) in [6, 6.07) is 7.96. The molecule has 110 valence electrons. The minimum atomic E-state index is 0.170. The van der Waals surface area contributed by atoms with E-state index < -0.39 is 0 Å². The molecular formula is C16H24N2O2. The second kappa shape index (κ2) is 8.48. The molecule has 1 aliphatic rings. The Labute approximate surface area is 121 Å². The Morgan fingerprint density at radius 3 is 2.50 bits per heavy atom. The van der Waals surface area contributed by atoms with Crippen LogP contribution in [0.4, 0.5) is 5.69 Å². The number of anilines is 1. The molecule has 4 heteroatoms. The van der Waals surface area contributed by atoms with Gasteiger partial charge in [0.15, 0.2) is 0 Å². The van der Waals surface area contributed by atoms with Gasteiger partial charge in [-0.15, -0.1) is 0 Å². The summed E-state index contributed by atoms with van der Waals surface area (Å²) >= 11 is 0. The van der Waals surface area contributed by atoms with Gasteiger partial charge in [0.2, 0.25) is 5.91 Å². The van der Waals surface area contributed by atoms with Gasteiger partial charge in [0.1, 0.15) is 6.29 Å². The van der Waals surface area contributed by atoms with Gasteiger partial charge in [-0.3, -0.25) is 4.79 Å². The first kappa shape index (κ1) is 16.4. The van der Waals surface area contributed by atoms with Crippen LogP contribution in [-0.4, -0.2) is 37.2 Å². The standard InChI is InChI=1S/C14H20N2O.C2H4O/c1-11-4-3-5-13(10-11)15-14(17)12-6-8-16(2)9-7-12;1-2-3/h3-5,10,12H,6-9H2,1-2H3,(H,15,17);2H,1H3. The fraction of sp³-hybridized carbons (Fsp3) is 0.500. The quantitative estimate of drug-likeness (QED) is 0.844. The number of carbonyl (C=O) groups is 2. The lowest BCUT2D eigenvalue weighted by Crippen LogP contribution is -2.35. The molecule has 1 heterocycles. The first-order chi connectivity index (χ1) is 9.56. The second-order valence-electron chi connectivity index (χ2n) is 5.17. The molecule has 0 bridgehead atoms. The van der Waals surface area contributed by atoms with Crippen molar-refractivity contribution in [2.75, 3.05) is 25.5 Å². The van der Waals surface area contributed by atoms with Gasteiger partial charge in [-0.25, -0.2) is 0 Å². The van der Waals surface area contributed by atoms with E-state index in [1.807, 2.05) is 31.2 Å². The molecule has 1 aromatic rings. The highest BCUT2D eigenvalue weighted by Crippen LogP contribution is 2.18. The average molecular weight is 276 g/mol. The first-order valence-electron chi connectivity index (χ1n) is 7.02. The van der Waals surface area contributed by atoms with Gasteiger partial charge in [-0.1, -0.05) is 12.1 Å². The molecule has 0 aromatic heterocycles. The van der Waals surface area contributed by atoms with E-state index in [4.69, 9.17) is 4.79 Å². The number of nitrogens with zero attached hydrogens (tertiary/aromatic N) is 1. The largest absolute Gasteiger partial charge is 0.326 e. The fourth-order valence-corrected chi connectivity index (χ4v) is 2.24. The molecule has 1 amide bonds. The molecule has 4 nitrogen and oxygen atoms in total. The molecule has 0 saturated carbocycles. The van der Waals surface area contributed by atoms with E-state index in [2.05, 4.69) is 17.3 Å². The minimum Gasteiger partial charge on any atom is -0.326 e. The van der Waals surface area contributed by atoms with Crippen molar-refractivity contribution in [2.24, 2.45) is 5.92 Å². The smallest absolute Gasteiger partial charge is 0.227 e. The Balaban J connectivity index is 0.000000612. The van der Waals surface area contributed by atoms with E-state index in [9.17, 15) is 4.79 Å². The van der Waals surface area contributed by atoms with Crippen LogP contribution in [0, 0.1) is 12.8 Å². The summed E-state index contributed by atoms with van der Waals surface area (Å²) in [7, 11) is 2.11. The Kier molecular flexibility index (Phi) is 6.94. The van der Waals surface area contributed by atoms with E-state index in [1.165, 1.54) is 12.5 Å². The number of piperidine rings is 1. The summed E-state index contributed by atoms with van der Waals surface area (Å²) in [5.41, 5.74) is 2.08. The van der Waals surface area contributed by atoms with Crippen LogP contribution in [0.1, 0.15) is 25.3 Å². The predicted molar refractivity (Wildman–Crippen MR) is 81.8 cm³/mol. The van der Waals surface area contributed by atoms with Gasteiger partial charge in [-0.2, -0.15) is 0 Å². The molecule has 1 N–H and O–H groups in total. The van der Waals surface area contributed by atoms with Crippen LogP contribution in [-0.2, 0) is 9.59 Å². The Bertz CT molecular complexity index is 438. The molecule has 0 aliphatic carbocycles. The molecule has 1 fully saturated rings. The summed E-state index contributed by atoms with van der Waals surface area (Å²) in [6.07, 6.45) is 2.68. The Hall–Kier alpha value is -1.68. The van der Waals surface area contributed by atoms with Crippen LogP contribution in [0.3, 0.4) is 0 Å². The van der Waals surface area contributed by atoms with Crippen LogP contribution in [0.15, 0.2) is 24.3 Å². The molecule has 2 rings (SSSR count). The van der Waals surface area contributed by atoms with E-state index in [0.29, 0.717) is 0 Å². The first-order valence-corrected chi connectivity index (χ1v) is 7.02. The summed E-state index contributed by atoms with van der Waals surface area (Å²) in [4.78, 5) is 23.1. The molecule has 1 saturated heterocycles. The molecule has 0 unspecified atom stereocenters. The van der Waals surface area contributed by atoms with E-state index >= 15 is 0 Å². The van der Waals surface area contributed by atoms with Gasteiger partial charge in [0, 0.05) is 11.6 Å². The van der Waals surface area contributed by atoms with Crippen LogP contribution in [0.25, 0.3) is 0 Å². The molecule has 20 heavy (non-hydrogen) atoms. The topological polar surface area (TPSA) is 49.4 Å². The lowest BCUT2D eigenvalue weighted by atomic mass is 9.96. The van der Waals surface area contributed by atoms with Crippen molar-refractivity contribution in [1.29, 1.82) is 0 Å². The summed E-state index contributed by atoms with van der Waals surface area (Å²) < 4.78 is 0. The highest BCUT2D eigenvalue weighted by atomic mass is 16.1. The maximum absolute atomic E-state index is 12.1. The molecular weight excluding hydrogens is 252 g/mol. The zero-order valence-electron chi connectivity index (χ0n) is 12.6. The van der Waals surface area contributed by atoms with Crippen molar-refractivity contribution in [1.82, 2.24) is 4.90 Å². The number of hydrogen-bond acceptors (Lipinski definition) is 3. The number of carbonyl (C=O) groups excluding carboxylic acids is 2. The monoisotopic (exact) mass is 276 g/mol. The number of aryl methyl sites for hydroxylation is 1. The van der Waals surface area contributed by atoms with Crippen LogP contribution in [0.5, 0.6) is 0 Å². The highest BCUT2D eigenvalue weighted by Gasteiger charge is 2.23. The predicted octanol–water partition coefficient (Wildman–Crippen LogP) is 2.48. The summed E-state index contributed by atoms with van der Waals surface area (Å²) in [5.74, 6) is 0.343. The van der Waals surface area contributed by atoms with Crippen molar-refractivity contribution in [2.45, 2.75) is 26.7 Å². The van der Waals surface area contributed by atoms with Crippen molar-refractivity contribution in [3.8, 4) is 0 Å². The molecule has 1 aromatic carbocycles. The molecule has 0 spiro atoms. The number of aldehydes is 1. The van der Waals surface area contributed by atoms with Crippen LogP contribution >= 0.6 is 0 Å². The normalized spacial score (nSPS) is 15.9. The maximum Gasteiger partial charge on any atom is 0.227 e. The van der Waals surface area contributed by atoms with E-state index in [1.54, 1.807) is 0 Å². The van der Waals surface area contributed by atoms with Crippen molar-refractivity contribution >= 4 is 17.9 Å². The van der Waals surface area contributed by atoms with Gasteiger partial charge in [0.25, 0.3) is 0 Å². The van der Waals surface area contributed by atoms with Crippen molar-refractivity contribution in [3.05, 3.63) is 29.8 Å². The van der Waals surface area contributed by atoms with E-state index in [0.717, 1.165) is 37.9 Å². The summed E-state index contributed by atoms with van der Waals surface area (Å²) in [5, 5.41) is 3.01. The molecule has 1 aliphatic heterocycles. The maximum atomic E-state index is 12.1. The molecule has 0 radical (unpaired) electrons. The lowest BCUT2D eigenvalue weighted by Gasteiger charge is -2.28. The number of amides is 1. The SMILES string of the molecule is CC=O.Cc1cccc(NC(=O)C2CCN(C)CC2)c1. The van der Waals surface area contributed by atoms with Gasteiger partial charge >= 0.3 is 0 Å². The lowest BCUT2D eigenvalue weighted by molar-refractivity contribution is -0.121. The number of hydrogen-bond donors (Lipinski definition) is 1. The zero-order chi connectivity index (χ0) is 15.0. The van der Waals surface area contributed by atoms with Crippen molar-refractivity contribution in [3.63, 3.8) is 0 Å². The second-order valence-corrected chi connectivity index (χ2v) is 5.17. The third-order valence-electron chi connectivity index (χ3n) is 3.37. The Morgan fingerprint density at radius 1 is 1.35 bits per heavy atom. The highest BCUT2D eigenvalue weighted by molar-refractivity contribution is 5.92. The number of benzene rings is 1. The third kappa shape index (κ3) is 5.53. The summed E-state index contributed by atoms with van der Waals surface area (Å²) in [6.45, 7) is 5.52. The van der Waals surface area contributed by atoms with Gasteiger partial charge in [-0.05, 0) is 64.5 Å². The number of rotatable bonds is 2. The fourth-order valence-electron chi connectivity index (χ4n) is 2.24. The number of likely N-dealkylation sites (tertiary alicyclic amines) is 1. The van der Waals surface area contributed by atoms with Crippen LogP contribution < -0.4 is 5.32 Å². The zero-order valence-corrected chi connectivity index (χ0v) is 12.6. The minimum absolute atomic E-state index is 0.170. The van der Waals surface area contributed by atoms with Gasteiger partial charge in [0.05, 0.1) is 0 Å².